The Labute approximate surface area is 175 Å². The number of hydrogen-bond acceptors (Lipinski definition) is 1. The molecule has 1 N–H and O–H groups in total. The molecule has 4 aliphatic rings. The summed E-state index contributed by atoms with van der Waals surface area (Å²) in [4.78, 5) is 0. The number of unbranched alkanes of at least 4 members (excludes halogenated alkanes) is 1. The van der Waals surface area contributed by atoms with Crippen LogP contribution in [0.2, 0.25) is 0 Å². The quantitative estimate of drug-likeness (QED) is 0.576. The van der Waals surface area contributed by atoms with Crippen LogP contribution in [0.15, 0.2) is 24.3 Å². The highest BCUT2D eigenvalue weighted by Gasteiger charge is 2.50. The Morgan fingerprint density at radius 1 is 1.00 bits per heavy atom. The van der Waals surface area contributed by atoms with Gasteiger partial charge in [-0.2, -0.15) is 13.2 Å². The summed E-state index contributed by atoms with van der Waals surface area (Å²) in [6, 6.07) is 6.10. The van der Waals surface area contributed by atoms with E-state index in [4.69, 9.17) is 0 Å². The highest BCUT2D eigenvalue weighted by atomic mass is 19.4. The van der Waals surface area contributed by atoms with Crippen LogP contribution in [0, 0.1) is 23.7 Å². The van der Waals surface area contributed by atoms with Crippen LogP contribution in [-0.4, -0.2) is 14.5 Å². The second-order valence-corrected chi connectivity index (χ2v) is 9.85. The van der Waals surface area contributed by atoms with Gasteiger partial charge in [-0.3, -0.25) is 4.68 Å². The van der Waals surface area contributed by atoms with E-state index in [0.717, 1.165) is 36.4 Å². The molecule has 0 unspecified atom stereocenters. The van der Waals surface area contributed by atoms with E-state index in [1.807, 2.05) is 9.36 Å². The topological polar surface area (TPSA) is 30.1 Å². The summed E-state index contributed by atoms with van der Waals surface area (Å²) in [7, 11) is 0. The molecule has 30 heavy (non-hydrogen) atoms. The van der Waals surface area contributed by atoms with E-state index in [1.165, 1.54) is 38.2 Å². The molecule has 0 atom stereocenters. The molecule has 4 bridgehead atoms. The fourth-order valence-electron chi connectivity index (χ4n) is 6.90. The molecule has 164 valence electrons. The van der Waals surface area contributed by atoms with Gasteiger partial charge in [0.05, 0.1) is 23.8 Å². The number of hydrogen-bond donors (Lipinski definition) is 1. The average molecular weight is 421 g/mol. The first kappa shape index (κ1) is 20.1. The molecular weight excluding hydrogens is 389 g/mol. The number of halogens is 3. The van der Waals surface area contributed by atoms with Gasteiger partial charge < -0.3 is 5.11 Å². The summed E-state index contributed by atoms with van der Waals surface area (Å²) in [5.74, 6) is 3.05. The highest BCUT2D eigenvalue weighted by molar-refractivity contribution is 5.32. The number of aromatic hydroxyl groups is 1. The second-order valence-electron chi connectivity index (χ2n) is 9.85. The standard InChI is InChI=1S/C24H31F3N2O/c1-2-3-8-21-23(30)29(22-18-10-15-9-16(12-18)13-19(22)11-15)28(21)14-17-6-4-5-7-20(17)24(25,26)27/h4-7,15-16,18-19,22,30H,2-3,8-14H2,1H3. The van der Waals surface area contributed by atoms with E-state index in [-0.39, 0.29) is 18.2 Å². The Morgan fingerprint density at radius 2 is 1.63 bits per heavy atom. The lowest BCUT2D eigenvalue weighted by Crippen LogP contribution is -2.49. The third kappa shape index (κ3) is 3.27. The van der Waals surface area contributed by atoms with Crippen molar-refractivity contribution in [2.75, 3.05) is 0 Å². The Bertz CT molecular complexity index is 882. The zero-order valence-electron chi connectivity index (χ0n) is 17.5. The molecule has 0 spiro atoms. The van der Waals surface area contributed by atoms with Gasteiger partial charge in [0.25, 0.3) is 0 Å². The van der Waals surface area contributed by atoms with Gasteiger partial charge in [-0.05, 0) is 80.2 Å². The van der Waals surface area contributed by atoms with Crippen molar-refractivity contribution in [2.45, 2.75) is 77.1 Å². The Balaban J connectivity index is 1.51. The maximum Gasteiger partial charge on any atom is 0.416 e. The van der Waals surface area contributed by atoms with E-state index in [9.17, 15) is 18.3 Å². The Kier molecular flexibility index (Phi) is 4.94. The first-order valence-electron chi connectivity index (χ1n) is 11.5. The van der Waals surface area contributed by atoms with E-state index < -0.39 is 11.7 Å². The first-order valence-corrected chi connectivity index (χ1v) is 11.5. The lowest BCUT2D eigenvalue weighted by molar-refractivity contribution is -0.138. The molecule has 6 heteroatoms. The van der Waals surface area contributed by atoms with Gasteiger partial charge in [0.1, 0.15) is 0 Å². The summed E-state index contributed by atoms with van der Waals surface area (Å²) in [6.07, 6.45) is 4.43. The van der Waals surface area contributed by atoms with Gasteiger partial charge in [0.15, 0.2) is 0 Å². The minimum absolute atomic E-state index is 0.168. The van der Waals surface area contributed by atoms with Crippen molar-refractivity contribution in [1.29, 1.82) is 0 Å². The van der Waals surface area contributed by atoms with Gasteiger partial charge in [-0.15, -0.1) is 0 Å². The van der Waals surface area contributed by atoms with Crippen molar-refractivity contribution in [2.24, 2.45) is 23.7 Å². The predicted octanol–water partition coefficient (Wildman–Crippen LogP) is 6.40. The smallest absolute Gasteiger partial charge is 0.416 e. The number of aromatic nitrogens is 2. The molecule has 1 aromatic carbocycles. The van der Waals surface area contributed by atoms with Crippen molar-refractivity contribution in [3.8, 4) is 5.88 Å². The van der Waals surface area contributed by atoms with Crippen LogP contribution in [0.25, 0.3) is 0 Å². The van der Waals surface area contributed by atoms with Crippen molar-refractivity contribution in [3.05, 3.63) is 41.1 Å². The summed E-state index contributed by atoms with van der Waals surface area (Å²) in [5, 5.41) is 11.0. The van der Waals surface area contributed by atoms with E-state index in [2.05, 4.69) is 6.92 Å². The zero-order chi connectivity index (χ0) is 21.0. The van der Waals surface area contributed by atoms with Crippen LogP contribution in [0.1, 0.15) is 74.7 Å². The molecule has 2 aromatic rings. The molecule has 1 heterocycles. The zero-order valence-corrected chi connectivity index (χ0v) is 17.5. The average Bonchev–Trinajstić information content (AvgIpc) is 2.69. The molecule has 6 rings (SSSR count). The third-order valence-electron chi connectivity index (χ3n) is 7.92. The largest absolute Gasteiger partial charge is 0.492 e. The minimum Gasteiger partial charge on any atom is -0.492 e. The molecule has 4 aliphatic carbocycles. The van der Waals surface area contributed by atoms with Crippen LogP contribution in [0.5, 0.6) is 5.88 Å². The SMILES string of the molecule is CCCCc1c(O)n(C2C3CC4CC(C3)CC2C4)n1Cc1ccccc1C(F)(F)F. The van der Waals surface area contributed by atoms with Crippen LogP contribution < -0.4 is 0 Å². The van der Waals surface area contributed by atoms with Gasteiger partial charge in [-0.25, -0.2) is 4.68 Å². The van der Waals surface area contributed by atoms with Crippen molar-refractivity contribution in [3.63, 3.8) is 0 Å². The highest BCUT2D eigenvalue weighted by Crippen LogP contribution is 2.59. The number of alkyl halides is 3. The van der Waals surface area contributed by atoms with Crippen molar-refractivity contribution < 1.29 is 18.3 Å². The van der Waals surface area contributed by atoms with Crippen LogP contribution in [-0.2, 0) is 19.1 Å². The van der Waals surface area contributed by atoms with Gasteiger partial charge in [-0.1, -0.05) is 31.5 Å². The first-order chi connectivity index (χ1) is 14.4. The third-order valence-corrected chi connectivity index (χ3v) is 7.92. The fourth-order valence-corrected chi connectivity index (χ4v) is 6.90. The summed E-state index contributed by atoms with van der Waals surface area (Å²) < 4.78 is 44.7. The van der Waals surface area contributed by atoms with Crippen molar-refractivity contribution >= 4 is 0 Å². The number of nitrogens with zero attached hydrogens (tertiary/aromatic N) is 2. The number of rotatable bonds is 6. The molecule has 0 amide bonds. The minimum atomic E-state index is -4.37. The molecule has 0 saturated heterocycles. The van der Waals surface area contributed by atoms with E-state index in [1.54, 1.807) is 12.1 Å². The maximum atomic E-state index is 13.6. The van der Waals surface area contributed by atoms with Crippen molar-refractivity contribution in [1.82, 2.24) is 9.36 Å². The summed E-state index contributed by atoms with van der Waals surface area (Å²) >= 11 is 0. The Morgan fingerprint density at radius 3 is 2.23 bits per heavy atom. The molecule has 4 fully saturated rings. The monoisotopic (exact) mass is 420 g/mol. The van der Waals surface area contributed by atoms with Crippen LogP contribution in [0.4, 0.5) is 13.2 Å². The van der Waals surface area contributed by atoms with Crippen LogP contribution >= 0.6 is 0 Å². The molecule has 0 aliphatic heterocycles. The van der Waals surface area contributed by atoms with E-state index >= 15 is 0 Å². The second kappa shape index (κ2) is 7.38. The van der Waals surface area contributed by atoms with E-state index in [0.29, 0.717) is 24.1 Å². The summed E-state index contributed by atoms with van der Waals surface area (Å²) in [6.45, 7) is 2.26. The molecule has 4 saturated carbocycles. The lowest BCUT2D eigenvalue weighted by atomic mass is 9.54. The molecular formula is C24H31F3N2O. The predicted molar refractivity (Wildman–Crippen MR) is 109 cm³/mol. The summed E-state index contributed by atoms with van der Waals surface area (Å²) in [5.41, 5.74) is 0.513. The Hall–Kier alpha value is -1.85. The number of benzene rings is 1. The van der Waals surface area contributed by atoms with Crippen LogP contribution in [0.3, 0.4) is 0 Å². The van der Waals surface area contributed by atoms with Gasteiger partial charge in [0.2, 0.25) is 5.88 Å². The molecule has 3 nitrogen and oxygen atoms in total. The molecule has 1 aromatic heterocycles. The normalized spacial score (nSPS) is 30.3. The fraction of sp³-hybridized carbons (Fsp3) is 0.667. The van der Waals surface area contributed by atoms with Gasteiger partial charge in [0, 0.05) is 0 Å². The molecule has 0 radical (unpaired) electrons. The van der Waals surface area contributed by atoms with Gasteiger partial charge >= 0.3 is 6.18 Å². The lowest BCUT2D eigenvalue weighted by Gasteiger charge is -2.56. The maximum absolute atomic E-state index is 13.6.